The molecule has 0 unspecified atom stereocenters. The van der Waals surface area contributed by atoms with Crippen LogP contribution in [0.2, 0.25) is 5.02 Å². The number of carbonyl (C=O) groups excluding carboxylic acids is 1. The Morgan fingerprint density at radius 2 is 1.68 bits per heavy atom. The number of rotatable bonds is 7. The van der Waals surface area contributed by atoms with Crippen LogP contribution in [0.4, 0.5) is 18.9 Å². The molecule has 38 heavy (non-hydrogen) atoms. The molecule has 1 aliphatic heterocycles. The standard InChI is InChI=1S/C26H24ClF3N2O5S/c1-16-3-7-20(8-4-16)38(34,35)32(19-6-9-22(27)21(14-19)26(28,29)30)15-25(33)31-17(2)18-5-10-23-24(13-18)37-12-11-36-23/h3-10,13-14,17H,11-12,15H2,1-2H3,(H,31,33)/t17-/m0/s1. The number of carbonyl (C=O) groups is 1. The maximum atomic E-state index is 13.5. The molecule has 0 spiro atoms. The third kappa shape index (κ3) is 5.99. The van der Waals surface area contributed by atoms with Crippen molar-refractivity contribution in [1.29, 1.82) is 0 Å². The van der Waals surface area contributed by atoms with E-state index in [1.807, 2.05) is 0 Å². The summed E-state index contributed by atoms with van der Waals surface area (Å²) in [5, 5.41) is 2.11. The molecule has 1 N–H and O–H groups in total. The summed E-state index contributed by atoms with van der Waals surface area (Å²) < 4.78 is 79.4. The van der Waals surface area contributed by atoms with Gasteiger partial charge in [0.15, 0.2) is 11.5 Å². The van der Waals surface area contributed by atoms with Gasteiger partial charge in [0.25, 0.3) is 10.0 Å². The average molecular weight is 569 g/mol. The van der Waals surface area contributed by atoms with Crippen molar-refractivity contribution in [3.05, 3.63) is 82.4 Å². The van der Waals surface area contributed by atoms with Crippen LogP contribution in [0, 0.1) is 6.92 Å². The molecule has 1 amide bonds. The van der Waals surface area contributed by atoms with Crippen LogP contribution in [0.3, 0.4) is 0 Å². The lowest BCUT2D eigenvalue weighted by Crippen LogP contribution is -2.41. The zero-order valence-corrected chi connectivity index (χ0v) is 22.0. The first-order chi connectivity index (χ1) is 17.9. The topological polar surface area (TPSA) is 84.9 Å². The Hall–Kier alpha value is -3.44. The van der Waals surface area contributed by atoms with Gasteiger partial charge >= 0.3 is 6.18 Å². The molecule has 0 radical (unpaired) electrons. The van der Waals surface area contributed by atoms with Crippen molar-refractivity contribution in [2.24, 2.45) is 0 Å². The summed E-state index contributed by atoms with van der Waals surface area (Å²) in [5.74, 6) is 0.350. The summed E-state index contributed by atoms with van der Waals surface area (Å²) in [6.45, 7) is 3.47. The quantitative estimate of drug-likeness (QED) is 0.406. The molecule has 0 aromatic heterocycles. The highest BCUT2D eigenvalue weighted by atomic mass is 35.5. The molecule has 0 aliphatic carbocycles. The number of benzene rings is 3. The number of alkyl halides is 3. The Bertz CT molecular complexity index is 1450. The number of fused-ring (bicyclic) bond motifs is 1. The van der Waals surface area contributed by atoms with E-state index >= 15 is 0 Å². The molecule has 0 fully saturated rings. The van der Waals surface area contributed by atoms with E-state index in [-0.39, 0.29) is 10.6 Å². The van der Waals surface area contributed by atoms with Gasteiger partial charge in [-0.15, -0.1) is 0 Å². The Morgan fingerprint density at radius 3 is 2.34 bits per heavy atom. The summed E-state index contributed by atoms with van der Waals surface area (Å²) >= 11 is 5.74. The second kappa shape index (κ2) is 10.7. The van der Waals surface area contributed by atoms with E-state index in [1.165, 1.54) is 12.1 Å². The van der Waals surface area contributed by atoms with Crippen LogP contribution in [0.25, 0.3) is 0 Å². The van der Waals surface area contributed by atoms with Crippen molar-refractivity contribution in [2.75, 3.05) is 24.1 Å². The summed E-state index contributed by atoms with van der Waals surface area (Å²) in [6.07, 6.45) is -4.83. The van der Waals surface area contributed by atoms with Crippen molar-refractivity contribution in [3.63, 3.8) is 0 Å². The van der Waals surface area contributed by atoms with E-state index in [4.69, 9.17) is 21.1 Å². The van der Waals surface area contributed by atoms with Gasteiger partial charge in [0.05, 0.1) is 27.2 Å². The largest absolute Gasteiger partial charge is 0.486 e. The number of amides is 1. The number of hydrogen-bond donors (Lipinski definition) is 1. The molecule has 1 heterocycles. The van der Waals surface area contributed by atoms with Crippen LogP contribution < -0.4 is 19.1 Å². The van der Waals surface area contributed by atoms with Crippen molar-refractivity contribution in [2.45, 2.75) is 31.0 Å². The summed E-state index contributed by atoms with van der Waals surface area (Å²) in [5.41, 5.74) is -0.121. The molecule has 3 aromatic carbocycles. The lowest BCUT2D eigenvalue weighted by Gasteiger charge is -2.26. The Kier molecular flexibility index (Phi) is 7.80. The molecule has 1 atom stereocenters. The van der Waals surface area contributed by atoms with Gasteiger partial charge in [0.1, 0.15) is 19.8 Å². The fourth-order valence-electron chi connectivity index (χ4n) is 3.87. The molecule has 0 saturated heterocycles. The Balaban J connectivity index is 1.65. The normalized spacial score (nSPS) is 14.1. The van der Waals surface area contributed by atoms with E-state index in [0.717, 1.165) is 17.7 Å². The number of aryl methyl sites for hydroxylation is 1. The maximum Gasteiger partial charge on any atom is 0.417 e. The summed E-state index contributed by atoms with van der Waals surface area (Å²) in [6, 6.07) is 13.0. The van der Waals surface area contributed by atoms with Gasteiger partial charge in [0, 0.05) is 0 Å². The monoisotopic (exact) mass is 568 g/mol. The molecule has 202 valence electrons. The van der Waals surface area contributed by atoms with Crippen molar-refractivity contribution >= 4 is 33.2 Å². The van der Waals surface area contributed by atoms with Crippen LogP contribution in [-0.4, -0.2) is 34.1 Å². The second-order valence-electron chi connectivity index (χ2n) is 8.68. The number of nitrogens with zero attached hydrogens (tertiary/aromatic N) is 1. The van der Waals surface area contributed by atoms with Crippen LogP contribution in [-0.2, 0) is 21.0 Å². The number of hydrogen-bond acceptors (Lipinski definition) is 5. The lowest BCUT2D eigenvalue weighted by molar-refractivity contribution is -0.137. The van der Waals surface area contributed by atoms with E-state index in [0.29, 0.717) is 40.6 Å². The number of anilines is 1. The minimum Gasteiger partial charge on any atom is -0.486 e. The van der Waals surface area contributed by atoms with Crippen LogP contribution in [0.5, 0.6) is 11.5 Å². The van der Waals surface area contributed by atoms with Gasteiger partial charge in [-0.2, -0.15) is 13.2 Å². The van der Waals surface area contributed by atoms with Crippen LogP contribution in [0.15, 0.2) is 65.6 Å². The highest BCUT2D eigenvalue weighted by Crippen LogP contribution is 2.38. The predicted octanol–water partition coefficient (Wildman–Crippen LogP) is 5.51. The van der Waals surface area contributed by atoms with Gasteiger partial charge in [0.2, 0.25) is 5.91 Å². The summed E-state index contributed by atoms with van der Waals surface area (Å²) in [4.78, 5) is 12.9. The molecule has 0 saturated carbocycles. The van der Waals surface area contributed by atoms with Crippen LogP contribution >= 0.6 is 11.6 Å². The van der Waals surface area contributed by atoms with Crippen molar-refractivity contribution in [3.8, 4) is 11.5 Å². The molecule has 4 rings (SSSR count). The summed E-state index contributed by atoms with van der Waals surface area (Å²) in [7, 11) is -4.43. The van der Waals surface area contributed by atoms with E-state index in [1.54, 1.807) is 44.2 Å². The second-order valence-corrected chi connectivity index (χ2v) is 10.9. The van der Waals surface area contributed by atoms with E-state index < -0.39 is 45.3 Å². The number of nitrogens with one attached hydrogen (secondary N) is 1. The maximum absolute atomic E-state index is 13.5. The first-order valence-corrected chi connectivity index (χ1v) is 13.3. The molecule has 12 heteroatoms. The van der Waals surface area contributed by atoms with Gasteiger partial charge in [-0.1, -0.05) is 35.4 Å². The third-order valence-corrected chi connectivity index (χ3v) is 8.00. The highest BCUT2D eigenvalue weighted by Gasteiger charge is 2.35. The van der Waals surface area contributed by atoms with Gasteiger partial charge in [-0.05, 0) is 61.9 Å². The van der Waals surface area contributed by atoms with Crippen molar-refractivity contribution in [1.82, 2.24) is 5.32 Å². The van der Waals surface area contributed by atoms with Gasteiger partial charge in [-0.25, -0.2) is 8.42 Å². The molecular weight excluding hydrogens is 545 g/mol. The zero-order chi connectivity index (χ0) is 27.7. The zero-order valence-electron chi connectivity index (χ0n) is 20.4. The molecule has 0 bridgehead atoms. The number of sulfonamides is 1. The van der Waals surface area contributed by atoms with Crippen LogP contribution in [0.1, 0.15) is 29.7 Å². The Labute approximate surface area is 223 Å². The molecule has 1 aliphatic rings. The fourth-order valence-corrected chi connectivity index (χ4v) is 5.51. The first-order valence-electron chi connectivity index (χ1n) is 11.5. The molecule has 7 nitrogen and oxygen atoms in total. The molecule has 3 aromatic rings. The number of halogens is 4. The van der Waals surface area contributed by atoms with Gasteiger partial charge in [-0.3, -0.25) is 9.10 Å². The van der Waals surface area contributed by atoms with E-state index in [2.05, 4.69) is 5.32 Å². The number of ether oxygens (including phenoxy) is 2. The lowest BCUT2D eigenvalue weighted by atomic mass is 10.1. The molecular formula is C26H24ClF3N2O5S. The first kappa shape index (κ1) is 27.6. The van der Waals surface area contributed by atoms with Gasteiger partial charge < -0.3 is 14.8 Å². The minimum absolute atomic E-state index is 0.181. The minimum atomic E-state index is -4.83. The average Bonchev–Trinajstić information content (AvgIpc) is 2.87. The van der Waals surface area contributed by atoms with Crippen molar-refractivity contribution < 1.29 is 35.9 Å². The van der Waals surface area contributed by atoms with E-state index in [9.17, 15) is 26.4 Å². The highest BCUT2D eigenvalue weighted by molar-refractivity contribution is 7.92. The Morgan fingerprint density at radius 1 is 1.03 bits per heavy atom. The smallest absolute Gasteiger partial charge is 0.417 e. The fraction of sp³-hybridized carbons (Fsp3) is 0.269. The predicted molar refractivity (Wildman–Crippen MR) is 136 cm³/mol. The third-order valence-electron chi connectivity index (χ3n) is 5.88. The SMILES string of the molecule is Cc1ccc(S(=O)(=O)N(CC(=O)N[C@@H](C)c2ccc3c(c2)OCCO3)c2ccc(Cl)c(C(F)(F)F)c2)cc1.